The van der Waals surface area contributed by atoms with Crippen molar-refractivity contribution in [3.63, 3.8) is 0 Å². The number of esters is 1. The Kier molecular flexibility index (Phi) is 2.04. The summed E-state index contributed by atoms with van der Waals surface area (Å²) >= 11 is 0. The minimum Gasteiger partial charge on any atom is -0.466 e. The van der Waals surface area contributed by atoms with E-state index in [1.807, 2.05) is 6.92 Å². The van der Waals surface area contributed by atoms with Crippen LogP contribution in [0.15, 0.2) is 0 Å². The summed E-state index contributed by atoms with van der Waals surface area (Å²) in [5.74, 6) is -0.469. The largest absolute Gasteiger partial charge is 0.466 e. The van der Waals surface area contributed by atoms with Gasteiger partial charge in [0, 0.05) is 5.92 Å². The smallest absolute Gasteiger partial charge is 0.312 e. The minimum absolute atomic E-state index is 0.0194. The highest BCUT2D eigenvalue weighted by atomic mass is 16.6. The highest BCUT2D eigenvalue weighted by molar-refractivity contribution is 5.77. The Bertz CT molecular complexity index is 228. The van der Waals surface area contributed by atoms with Gasteiger partial charge in [-0.1, -0.05) is 0 Å². The molecule has 0 aromatic heterocycles. The number of aliphatic hydroxyl groups excluding tert-OH is 1. The summed E-state index contributed by atoms with van der Waals surface area (Å²) in [5, 5.41) is 9.56. The maximum absolute atomic E-state index is 11.3. The van der Waals surface area contributed by atoms with Crippen LogP contribution in [0.4, 0.5) is 0 Å². The van der Waals surface area contributed by atoms with Crippen molar-refractivity contribution in [3.05, 3.63) is 0 Å². The highest BCUT2D eigenvalue weighted by Gasteiger charge is 2.66. The van der Waals surface area contributed by atoms with Gasteiger partial charge in [-0.15, -0.1) is 0 Å². The fourth-order valence-electron chi connectivity index (χ4n) is 2.06. The lowest BCUT2D eigenvalue weighted by molar-refractivity contribution is -0.148. The molecule has 0 spiro atoms. The quantitative estimate of drug-likeness (QED) is 0.614. The van der Waals surface area contributed by atoms with Crippen LogP contribution in [0.25, 0.3) is 0 Å². The SMILES string of the molecule is CCOC(=O)C1C2OC(C)C(O)C21. The van der Waals surface area contributed by atoms with Crippen molar-refractivity contribution in [2.24, 2.45) is 11.8 Å². The molecule has 0 amide bonds. The van der Waals surface area contributed by atoms with Gasteiger partial charge in [-0.05, 0) is 13.8 Å². The Hall–Kier alpha value is -0.610. The average molecular weight is 186 g/mol. The molecule has 74 valence electrons. The van der Waals surface area contributed by atoms with Gasteiger partial charge in [-0.25, -0.2) is 0 Å². The first-order chi connectivity index (χ1) is 6.16. The summed E-state index contributed by atoms with van der Waals surface area (Å²) in [6.45, 7) is 3.98. The normalized spacial score (nSPS) is 47.2. The van der Waals surface area contributed by atoms with E-state index < -0.39 is 6.10 Å². The highest BCUT2D eigenvalue weighted by Crippen LogP contribution is 2.52. The van der Waals surface area contributed by atoms with Crippen molar-refractivity contribution in [1.82, 2.24) is 0 Å². The molecule has 2 rings (SSSR count). The molecule has 1 aliphatic heterocycles. The first-order valence-electron chi connectivity index (χ1n) is 4.67. The van der Waals surface area contributed by atoms with E-state index in [9.17, 15) is 9.90 Å². The van der Waals surface area contributed by atoms with Crippen LogP contribution in [-0.2, 0) is 14.3 Å². The minimum atomic E-state index is -0.501. The van der Waals surface area contributed by atoms with Crippen LogP contribution in [0.5, 0.6) is 0 Å². The predicted molar refractivity (Wildman–Crippen MR) is 44.0 cm³/mol. The molecule has 5 unspecified atom stereocenters. The third kappa shape index (κ3) is 1.25. The Morgan fingerprint density at radius 1 is 1.62 bits per heavy atom. The number of hydrogen-bond acceptors (Lipinski definition) is 4. The molecule has 5 atom stereocenters. The van der Waals surface area contributed by atoms with Crippen molar-refractivity contribution in [2.75, 3.05) is 6.61 Å². The lowest BCUT2D eigenvalue weighted by Gasteiger charge is -2.14. The maximum atomic E-state index is 11.3. The summed E-state index contributed by atoms with van der Waals surface area (Å²) in [6.07, 6.45) is -0.732. The second kappa shape index (κ2) is 2.96. The molecule has 1 N–H and O–H groups in total. The Morgan fingerprint density at radius 3 is 2.77 bits per heavy atom. The van der Waals surface area contributed by atoms with Gasteiger partial charge < -0.3 is 14.6 Å². The van der Waals surface area contributed by atoms with Gasteiger partial charge in [0.05, 0.1) is 30.8 Å². The van der Waals surface area contributed by atoms with E-state index in [0.29, 0.717) is 6.61 Å². The van der Waals surface area contributed by atoms with Crippen LogP contribution in [-0.4, -0.2) is 36.0 Å². The third-order valence-electron chi connectivity index (χ3n) is 2.81. The van der Waals surface area contributed by atoms with Crippen LogP contribution < -0.4 is 0 Å². The van der Waals surface area contributed by atoms with E-state index in [1.54, 1.807) is 6.92 Å². The summed E-state index contributed by atoms with van der Waals surface area (Å²) in [5.41, 5.74) is 0. The lowest BCUT2D eigenvalue weighted by atomic mass is 10.1. The Labute approximate surface area is 76.8 Å². The molecule has 0 aromatic rings. The number of carbonyl (C=O) groups excluding carboxylic acids is 1. The van der Waals surface area contributed by atoms with Gasteiger partial charge in [-0.2, -0.15) is 0 Å². The summed E-state index contributed by atoms with van der Waals surface area (Å²) < 4.78 is 10.2. The topological polar surface area (TPSA) is 55.8 Å². The van der Waals surface area contributed by atoms with Gasteiger partial charge in [0.25, 0.3) is 0 Å². The van der Waals surface area contributed by atoms with E-state index >= 15 is 0 Å². The second-order valence-corrected chi connectivity index (χ2v) is 3.65. The van der Waals surface area contributed by atoms with Crippen LogP contribution in [0.2, 0.25) is 0 Å². The van der Waals surface area contributed by atoms with Crippen LogP contribution in [0.1, 0.15) is 13.8 Å². The Morgan fingerprint density at radius 2 is 2.31 bits per heavy atom. The number of aliphatic hydroxyl groups is 1. The maximum Gasteiger partial charge on any atom is 0.312 e. The second-order valence-electron chi connectivity index (χ2n) is 3.65. The molecule has 0 aromatic carbocycles. The van der Waals surface area contributed by atoms with Gasteiger partial charge >= 0.3 is 5.97 Å². The molecule has 0 bridgehead atoms. The number of fused-ring (bicyclic) bond motifs is 1. The standard InChI is InChI=1S/C9H14O4/c1-3-12-9(11)6-5-7(10)4(2)13-8(5)6/h4-8,10H,3H2,1-2H3. The van der Waals surface area contributed by atoms with Crippen LogP contribution in [0, 0.1) is 11.8 Å². The van der Waals surface area contributed by atoms with E-state index in [2.05, 4.69) is 0 Å². The number of ether oxygens (including phenoxy) is 2. The van der Waals surface area contributed by atoms with Crippen LogP contribution >= 0.6 is 0 Å². The zero-order valence-electron chi connectivity index (χ0n) is 7.77. The summed E-state index contributed by atoms with van der Waals surface area (Å²) in [7, 11) is 0. The molecule has 1 saturated heterocycles. The molecule has 4 nitrogen and oxygen atoms in total. The fraction of sp³-hybridized carbons (Fsp3) is 0.889. The van der Waals surface area contributed by atoms with Crippen molar-refractivity contribution in [3.8, 4) is 0 Å². The van der Waals surface area contributed by atoms with Gasteiger partial charge in [0.15, 0.2) is 0 Å². The van der Waals surface area contributed by atoms with Crippen molar-refractivity contribution >= 4 is 5.97 Å². The summed E-state index contributed by atoms with van der Waals surface area (Å²) in [4.78, 5) is 11.3. The average Bonchev–Trinajstić information content (AvgIpc) is 2.70. The predicted octanol–water partition coefficient (Wildman–Crippen LogP) is -0.0563. The first-order valence-corrected chi connectivity index (χ1v) is 4.67. The summed E-state index contributed by atoms with van der Waals surface area (Å²) in [6, 6.07) is 0. The van der Waals surface area contributed by atoms with Crippen molar-refractivity contribution < 1.29 is 19.4 Å². The first kappa shape index (κ1) is 8.97. The van der Waals surface area contributed by atoms with Gasteiger partial charge in [-0.3, -0.25) is 4.79 Å². The Balaban J connectivity index is 1.92. The molecular weight excluding hydrogens is 172 g/mol. The zero-order chi connectivity index (χ0) is 9.59. The zero-order valence-corrected chi connectivity index (χ0v) is 7.77. The van der Waals surface area contributed by atoms with E-state index in [0.717, 1.165) is 0 Å². The van der Waals surface area contributed by atoms with Crippen molar-refractivity contribution in [2.45, 2.75) is 32.2 Å². The van der Waals surface area contributed by atoms with E-state index in [4.69, 9.17) is 9.47 Å². The van der Waals surface area contributed by atoms with E-state index in [-0.39, 0.29) is 30.0 Å². The van der Waals surface area contributed by atoms with Crippen LogP contribution in [0.3, 0.4) is 0 Å². The molecular formula is C9H14O4. The molecule has 1 aliphatic carbocycles. The molecule has 4 heteroatoms. The molecule has 13 heavy (non-hydrogen) atoms. The van der Waals surface area contributed by atoms with Gasteiger partial charge in [0.1, 0.15) is 0 Å². The molecule has 2 aliphatic rings. The third-order valence-corrected chi connectivity index (χ3v) is 2.81. The molecule has 1 heterocycles. The van der Waals surface area contributed by atoms with Gasteiger partial charge in [0.2, 0.25) is 0 Å². The molecule has 2 fully saturated rings. The number of hydrogen-bond donors (Lipinski definition) is 1. The van der Waals surface area contributed by atoms with Crippen molar-refractivity contribution in [1.29, 1.82) is 0 Å². The number of carbonyl (C=O) groups is 1. The fourth-order valence-corrected chi connectivity index (χ4v) is 2.06. The number of rotatable bonds is 2. The molecule has 0 radical (unpaired) electrons. The van der Waals surface area contributed by atoms with E-state index in [1.165, 1.54) is 0 Å². The lowest BCUT2D eigenvalue weighted by Crippen LogP contribution is -2.26. The monoisotopic (exact) mass is 186 g/mol. The molecule has 1 saturated carbocycles.